The first kappa shape index (κ1) is 13.3. The van der Waals surface area contributed by atoms with Gasteiger partial charge in [-0.2, -0.15) is 5.10 Å². The summed E-state index contributed by atoms with van der Waals surface area (Å²) < 4.78 is 0. The van der Waals surface area contributed by atoms with E-state index in [1.54, 1.807) is 0 Å². The Bertz CT molecular complexity index is 367. The van der Waals surface area contributed by atoms with Crippen LogP contribution in [0.25, 0.3) is 0 Å². The van der Waals surface area contributed by atoms with Gasteiger partial charge in [0.2, 0.25) is 0 Å². The summed E-state index contributed by atoms with van der Waals surface area (Å²) in [5.74, 6) is 1.04. The summed E-state index contributed by atoms with van der Waals surface area (Å²) in [6.07, 6.45) is 6.86. The summed E-state index contributed by atoms with van der Waals surface area (Å²) in [6, 6.07) is 2.71. The zero-order valence-corrected chi connectivity index (χ0v) is 11.5. The molecule has 1 aromatic rings. The topological polar surface area (TPSA) is 41.0 Å². The first-order valence-electron chi connectivity index (χ1n) is 7.08. The van der Waals surface area contributed by atoms with Crippen LogP contribution in [0.4, 0.5) is 5.82 Å². The molecule has 1 aliphatic rings. The van der Waals surface area contributed by atoms with Crippen LogP contribution in [0, 0.1) is 6.92 Å². The van der Waals surface area contributed by atoms with Crippen molar-refractivity contribution < 1.29 is 0 Å². The minimum absolute atomic E-state index is 0.571. The summed E-state index contributed by atoms with van der Waals surface area (Å²) >= 11 is 0. The first-order valence-corrected chi connectivity index (χ1v) is 7.08. The monoisotopic (exact) mass is 248 g/mol. The summed E-state index contributed by atoms with van der Waals surface area (Å²) in [5.41, 5.74) is 1.19. The molecular weight excluding hydrogens is 224 g/mol. The van der Waals surface area contributed by atoms with E-state index in [0.717, 1.165) is 25.5 Å². The van der Waals surface area contributed by atoms with Crippen molar-refractivity contribution in [2.45, 2.75) is 45.6 Å². The number of hydrogen-bond acceptors (Lipinski definition) is 4. The minimum Gasteiger partial charge on any atom is -0.351 e. The van der Waals surface area contributed by atoms with Gasteiger partial charge in [-0.25, -0.2) is 0 Å². The summed E-state index contributed by atoms with van der Waals surface area (Å²) in [4.78, 5) is 2.42. The Morgan fingerprint density at radius 1 is 1.44 bits per heavy atom. The molecule has 1 saturated heterocycles. The molecule has 0 bridgehead atoms. The van der Waals surface area contributed by atoms with Crippen molar-refractivity contribution in [3.8, 4) is 0 Å². The van der Waals surface area contributed by atoms with Crippen LogP contribution in [0.3, 0.4) is 0 Å². The molecule has 0 aliphatic carbocycles. The number of rotatable bonds is 5. The normalized spacial score (nSPS) is 20.1. The third kappa shape index (κ3) is 3.42. The maximum atomic E-state index is 4.29. The van der Waals surface area contributed by atoms with Crippen molar-refractivity contribution >= 4 is 5.82 Å². The van der Waals surface area contributed by atoms with E-state index in [2.05, 4.69) is 40.3 Å². The van der Waals surface area contributed by atoms with Crippen LogP contribution in [-0.2, 0) is 0 Å². The van der Waals surface area contributed by atoms with Gasteiger partial charge in [0.1, 0.15) is 0 Å². The van der Waals surface area contributed by atoms with Gasteiger partial charge in [-0.3, -0.25) is 0 Å². The molecule has 0 aromatic carbocycles. The predicted molar refractivity (Wildman–Crippen MR) is 74.9 cm³/mol. The molecule has 1 unspecified atom stereocenters. The summed E-state index contributed by atoms with van der Waals surface area (Å²) in [7, 11) is 0. The van der Waals surface area contributed by atoms with Crippen molar-refractivity contribution in [2.24, 2.45) is 0 Å². The molecule has 1 atom stereocenters. The first-order chi connectivity index (χ1) is 8.81. The van der Waals surface area contributed by atoms with Crippen LogP contribution in [0.1, 0.15) is 38.2 Å². The van der Waals surface area contributed by atoms with Gasteiger partial charge in [0, 0.05) is 19.1 Å². The quantitative estimate of drug-likeness (QED) is 0.811. The fourth-order valence-corrected chi connectivity index (χ4v) is 2.55. The highest BCUT2D eigenvalue weighted by molar-refractivity contribution is 5.41. The van der Waals surface area contributed by atoms with E-state index in [1.807, 2.05) is 6.20 Å². The molecule has 0 amide bonds. The predicted octanol–water partition coefficient (Wildman–Crippen LogP) is 2.14. The average Bonchev–Trinajstić information content (AvgIpc) is 2.40. The smallest absolute Gasteiger partial charge is 0.151 e. The maximum Gasteiger partial charge on any atom is 0.151 e. The van der Waals surface area contributed by atoms with Crippen molar-refractivity contribution in [1.29, 1.82) is 0 Å². The van der Waals surface area contributed by atoms with E-state index >= 15 is 0 Å². The number of aryl methyl sites for hydroxylation is 1. The lowest BCUT2D eigenvalue weighted by Gasteiger charge is -2.36. The zero-order chi connectivity index (χ0) is 12.8. The van der Waals surface area contributed by atoms with E-state index in [1.165, 1.54) is 31.2 Å². The van der Waals surface area contributed by atoms with Gasteiger partial charge in [0.25, 0.3) is 0 Å². The maximum absolute atomic E-state index is 4.29. The number of piperidine rings is 1. The standard InChI is InChI=1S/C14H24N4/c1-3-7-15-11-13-6-4-5-8-18(13)14-9-12(2)10-16-17-14/h9-10,13,15H,3-8,11H2,1-2H3. The van der Waals surface area contributed by atoms with Crippen LogP contribution >= 0.6 is 0 Å². The van der Waals surface area contributed by atoms with Gasteiger partial charge in [-0.15, -0.1) is 5.10 Å². The number of aromatic nitrogens is 2. The lowest BCUT2D eigenvalue weighted by Crippen LogP contribution is -2.46. The molecule has 4 heteroatoms. The molecule has 0 spiro atoms. The number of nitrogens with one attached hydrogen (secondary N) is 1. The van der Waals surface area contributed by atoms with Crippen molar-refractivity contribution in [1.82, 2.24) is 15.5 Å². The second-order valence-electron chi connectivity index (χ2n) is 5.14. The van der Waals surface area contributed by atoms with E-state index in [-0.39, 0.29) is 0 Å². The van der Waals surface area contributed by atoms with E-state index < -0.39 is 0 Å². The molecule has 1 aliphatic heterocycles. The van der Waals surface area contributed by atoms with E-state index in [0.29, 0.717) is 6.04 Å². The number of hydrogen-bond donors (Lipinski definition) is 1. The van der Waals surface area contributed by atoms with Gasteiger partial charge in [-0.1, -0.05) is 6.92 Å². The molecule has 1 aromatic heterocycles. The minimum atomic E-state index is 0.571. The van der Waals surface area contributed by atoms with Crippen molar-refractivity contribution in [3.63, 3.8) is 0 Å². The van der Waals surface area contributed by atoms with Gasteiger partial charge in [-0.05, 0) is 50.8 Å². The molecule has 100 valence electrons. The molecule has 18 heavy (non-hydrogen) atoms. The van der Waals surface area contributed by atoms with E-state index in [4.69, 9.17) is 0 Å². The van der Waals surface area contributed by atoms with Crippen LogP contribution in [0.2, 0.25) is 0 Å². The zero-order valence-electron chi connectivity index (χ0n) is 11.5. The molecule has 2 rings (SSSR count). The van der Waals surface area contributed by atoms with Crippen molar-refractivity contribution in [2.75, 3.05) is 24.5 Å². The van der Waals surface area contributed by atoms with Crippen molar-refractivity contribution in [3.05, 3.63) is 17.8 Å². The highest BCUT2D eigenvalue weighted by Gasteiger charge is 2.23. The molecule has 0 radical (unpaired) electrons. The third-order valence-electron chi connectivity index (χ3n) is 3.51. The fraction of sp³-hybridized carbons (Fsp3) is 0.714. The van der Waals surface area contributed by atoms with Gasteiger partial charge < -0.3 is 10.2 Å². The Hall–Kier alpha value is -1.16. The fourth-order valence-electron chi connectivity index (χ4n) is 2.55. The molecule has 2 heterocycles. The Morgan fingerprint density at radius 2 is 2.33 bits per heavy atom. The van der Waals surface area contributed by atoms with Crippen LogP contribution < -0.4 is 10.2 Å². The third-order valence-corrected chi connectivity index (χ3v) is 3.51. The molecule has 1 N–H and O–H groups in total. The summed E-state index contributed by atoms with van der Waals surface area (Å²) in [5, 5.41) is 11.9. The molecule has 1 fully saturated rings. The Kier molecular flexibility index (Phi) is 4.93. The second-order valence-corrected chi connectivity index (χ2v) is 5.14. The van der Waals surface area contributed by atoms with E-state index in [9.17, 15) is 0 Å². The largest absolute Gasteiger partial charge is 0.351 e. The lowest BCUT2D eigenvalue weighted by atomic mass is 10.0. The van der Waals surface area contributed by atoms with Crippen LogP contribution in [-0.4, -0.2) is 35.9 Å². The number of nitrogens with zero attached hydrogens (tertiary/aromatic N) is 3. The average molecular weight is 248 g/mol. The molecule has 4 nitrogen and oxygen atoms in total. The number of anilines is 1. The Morgan fingerprint density at radius 3 is 3.11 bits per heavy atom. The van der Waals surface area contributed by atoms with Gasteiger partial charge in [0.15, 0.2) is 5.82 Å². The van der Waals surface area contributed by atoms with Crippen LogP contribution in [0.5, 0.6) is 0 Å². The Labute approximate surface area is 110 Å². The molecule has 0 saturated carbocycles. The highest BCUT2D eigenvalue weighted by Crippen LogP contribution is 2.22. The lowest BCUT2D eigenvalue weighted by molar-refractivity contribution is 0.432. The molecular formula is C14H24N4. The SMILES string of the molecule is CCCNCC1CCCCN1c1cc(C)cnn1. The highest BCUT2D eigenvalue weighted by atomic mass is 15.3. The second kappa shape index (κ2) is 6.69. The van der Waals surface area contributed by atoms with Gasteiger partial charge in [0.05, 0.1) is 6.20 Å². The summed E-state index contributed by atoms with van der Waals surface area (Å²) in [6.45, 7) is 7.55. The van der Waals surface area contributed by atoms with Crippen LogP contribution in [0.15, 0.2) is 12.3 Å². The Balaban J connectivity index is 2.03. The van der Waals surface area contributed by atoms with Gasteiger partial charge >= 0.3 is 0 Å².